The van der Waals surface area contributed by atoms with Gasteiger partial charge in [-0.1, -0.05) is 166 Å². The summed E-state index contributed by atoms with van der Waals surface area (Å²) in [6, 6.07) is 0. The second-order valence-corrected chi connectivity index (χ2v) is 16.7. The molecule has 4 N–H and O–H groups in total. The van der Waals surface area contributed by atoms with Gasteiger partial charge in [-0.15, -0.1) is 0 Å². The summed E-state index contributed by atoms with van der Waals surface area (Å²) in [6.07, 6.45) is 33.2. The molecule has 0 bridgehead atoms. The topological polar surface area (TPSA) is 178 Å². The number of carbonyl (C=O) groups excluding carboxylic acids is 1. The fourth-order valence-corrected chi connectivity index (χ4v) is 7.37. The monoisotopic (exact) mass is 847 g/mol. The summed E-state index contributed by atoms with van der Waals surface area (Å²) in [5, 5.41) is 30.6. The molecule has 0 saturated carbocycles. The highest BCUT2D eigenvalue weighted by molar-refractivity contribution is 7.80. The van der Waals surface area contributed by atoms with Gasteiger partial charge in [0.2, 0.25) is 0 Å². The first-order chi connectivity index (χ1) is 28.1. The maximum Gasteiger partial charge on any atom is 0.397 e. The third-order valence-corrected chi connectivity index (χ3v) is 10.7. The van der Waals surface area contributed by atoms with E-state index in [-0.39, 0.29) is 19.6 Å². The fourth-order valence-electron chi connectivity index (χ4n) is 6.86. The van der Waals surface area contributed by atoms with E-state index in [9.17, 15) is 28.5 Å². The van der Waals surface area contributed by atoms with Crippen molar-refractivity contribution < 1.29 is 56.2 Å². The van der Waals surface area contributed by atoms with Crippen molar-refractivity contribution in [2.45, 2.75) is 218 Å². The second kappa shape index (κ2) is 37.1. The molecule has 58 heavy (non-hydrogen) atoms. The van der Waals surface area contributed by atoms with Gasteiger partial charge in [0.25, 0.3) is 0 Å². The lowest BCUT2D eigenvalue weighted by Crippen LogP contribution is -2.60. The number of allylic oxidation sites excluding steroid dienone is 6. The number of carbonyl (C=O) groups is 1. The number of hydrogen-bond acceptors (Lipinski definition) is 11. The van der Waals surface area contributed by atoms with Crippen molar-refractivity contribution in [1.82, 2.24) is 0 Å². The van der Waals surface area contributed by atoms with Gasteiger partial charge in [0.1, 0.15) is 30.5 Å². The van der Waals surface area contributed by atoms with Gasteiger partial charge >= 0.3 is 16.4 Å². The van der Waals surface area contributed by atoms with E-state index in [2.05, 4.69) is 54.5 Å². The lowest BCUT2D eigenvalue weighted by atomic mass is 9.99. The van der Waals surface area contributed by atoms with Gasteiger partial charge in [-0.25, -0.2) is 4.18 Å². The third-order valence-electron chi connectivity index (χ3n) is 10.3. The van der Waals surface area contributed by atoms with Crippen molar-refractivity contribution in [3.63, 3.8) is 0 Å². The number of aliphatic hydroxyl groups is 3. The Bertz CT molecular complexity index is 1160. The molecule has 0 spiro atoms. The first-order valence-electron chi connectivity index (χ1n) is 22.7. The van der Waals surface area contributed by atoms with Gasteiger partial charge in [-0.05, 0) is 44.9 Å². The van der Waals surface area contributed by atoms with E-state index in [0.29, 0.717) is 13.0 Å². The van der Waals surface area contributed by atoms with Gasteiger partial charge in [0.15, 0.2) is 6.29 Å². The van der Waals surface area contributed by atoms with Gasteiger partial charge in [0.05, 0.1) is 19.8 Å². The molecule has 1 rings (SSSR count). The normalized spacial score (nSPS) is 20.8. The highest BCUT2D eigenvalue weighted by atomic mass is 32.3. The lowest BCUT2D eigenvalue weighted by molar-refractivity contribution is -0.301. The van der Waals surface area contributed by atoms with Crippen molar-refractivity contribution >= 4 is 16.4 Å². The van der Waals surface area contributed by atoms with E-state index in [0.717, 1.165) is 70.6 Å². The third kappa shape index (κ3) is 30.4. The van der Waals surface area contributed by atoms with Gasteiger partial charge in [-0.2, -0.15) is 8.42 Å². The van der Waals surface area contributed by atoms with Crippen LogP contribution in [-0.2, 0) is 38.3 Å². The van der Waals surface area contributed by atoms with Crippen LogP contribution in [0.25, 0.3) is 0 Å². The number of esters is 1. The molecule has 1 saturated heterocycles. The molecule has 340 valence electrons. The number of rotatable bonds is 39. The van der Waals surface area contributed by atoms with E-state index in [1.165, 1.54) is 83.5 Å². The zero-order valence-electron chi connectivity index (χ0n) is 36.1. The zero-order valence-corrected chi connectivity index (χ0v) is 36.9. The van der Waals surface area contributed by atoms with Crippen LogP contribution in [0.15, 0.2) is 36.5 Å². The highest BCUT2D eigenvalue weighted by Gasteiger charge is 2.48. The standard InChI is InChI=1S/C45H82O12S/c1-3-5-7-9-11-13-15-17-19-21-23-25-27-29-31-33-35-53-37-39(38-54-45-43(49)44(57-58(50,51)52)42(48)40(36-46)56-45)55-41(47)34-32-30-28-26-24-22-20-18-16-14-12-10-8-6-4-2/h6,8,12,14,18,20,39-40,42-46,48-49H,3-5,7,9-11,13,15-17,19,21-38H2,1-2H3,(H,50,51,52)/b8-6-,14-12-,20-18-. The average molecular weight is 847 g/mol. The quantitative estimate of drug-likeness (QED) is 0.0200. The molecule has 0 aromatic carbocycles. The van der Waals surface area contributed by atoms with Crippen LogP contribution in [0.4, 0.5) is 0 Å². The van der Waals surface area contributed by atoms with Gasteiger partial charge < -0.3 is 34.3 Å². The van der Waals surface area contributed by atoms with E-state index >= 15 is 0 Å². The molecule has 0 aromatic rings. The summed E-state index contributed by atoms with van der Waals surface area (Å²) >= 11 is 0. The first kappa shape index (κ1) is 54.3. The second-order valence-electron chi connectivity index (χ2n) is 15.6. The SMILES string of the molecule is CC/C=C\C/C=C\C/C=C\CCCCCCCC(=O)OC(COCCCCCCCCCCCCCCCCCC)COC1OC(CO)C(O)C(OS(=O)(=O)O)C1O. The average Bonchev–Trinajstić information content (AvgIpc) is 3.19. The van der Waals surface area contributed by atoms with Crippen molar-refractivity contribution in [2.75, 3.05) is 26.4 Å². The Kier molecular flexibility index (Phi) is 34.8. The van der Waals surface area contributed by atoms with Crippen LogP contribution in [0.2, 0.25) is 0 Å². The summed E-state index contributed by atoms with van der Waals surface area (Å²) in [7, 11) is -5.06. The van der Waals surface area contributed by atoms with Crippen LogP contribution >= 0.6 is 0 Å². The van der Waals surface area contributed by atoms with Crippen molar-refractivity contribution in [3.05, 3.63) is 36.5 Å². The summed E-state index contributed by atoms with van der Waals surface area (Å²) in [4.78, 5) is 12.8. The molecule has 1 aliphatic heterocycles. The fraction of sp³-hybridized carbons (Fsp3) is 0.844. The molecular formula is C45H82O12S. The maximum absolute atomic E-state index is 12.8. The van der Waals surface area contributed by atoms with Crippen LogP contribution in [0.5, 0.6) is 0 Å². The van der Waals surface area contributed by atoms with E-state index in [1.54, 1.807) is 0 Å². The summed E-state index contributed by atoms with van der Waals surface area (Å²) in [5.74, 6) is -0.415. The molecule has 1 heterocycles. The summed E-state index contributed by atoms with van der Waals surface area (Å²) in [6.45, 7) is 3.87. The summed E-state index contributed by atoms with van der Waals surface area (Å²) < 4.78 is 59.0. The predicted molar refractivity (Wildman–Crippen MR) is 230 cm³/mol. The molecule has 0 radical (unpaired) electrons. The molecular weight excluding hydrogens is 765 g/mol. The Morgan fingerprint density at radius 3 is 1.74 bits per heavy atom. The summed E-state index contributed by atoms with van der Waals surface area (Å²) in [5.41, 5.74) is 0. The smallest absolute Gasteiger partial charge is 0.397 e. The van der Waals surface area contributed by atoms with Crippen LogP contribution in [-0.4, -0.2) is 97.5 Å². The minimum Gasteiger partial charge on any atom is -0.457 e. The molecule has 0 amide bonds. The molecule has 6 atom stereocenters. The number of ether oxygens (including phenoxy) is 4. The first-order valence-corrected chi connectivity index (χ1v) is 24.1. The predicted octanol–water partition coefficient (Wildman–Crippen LogP) is 9.41. The Morgan fingerprint density at radius 2 is 1.19 bits per heavy atom. The Labute approximate surface area is 352 Å². The Hall–Kier alpha value is -1.68. The van der Waals surface area contributed by atoms with Crippen LogP contribution in [0.3, 0.4) is 0 Å². The minimum atomic E-state index is -5.06. The molecule has 12 nitrogen and oxygen atoms in total. The highest BCUT2D eigenvalue weighted by Crippen LogP contribution is 2.26. The zero-order chi connectivity index (χ0) is 42.5. The Balaban J connectivity index is 2.43. The van der Waals surface area contributed by atoms with Crippen molar-refractivity contribution in [3.8, 4) is 0 Å². The van der Waals surface area contributed by atoms with Gasteiger partial charge in [0, 0.05) is 13.0 Å². The minimum absolute atomic E-state index is 0.0313. The molecule has 1 aliphatic rings. The van der Waals surface area contributed by atoms with Gasteiger partial charge in [-0.3, -0.25) is 9.35 Å². The van der Waals surface area contributed by atoms with E-state index in [4.69, 9.17) is 23.5 Å². The number of unbranched alkanes of at least 4 members (excludes halogenated alkanes) is 20. The lowest BCUT2D eigenvalue weighted by Gasteiger charge is -2.41. The van der Waals surface area contributed by atoms with Crippen molar-refractivity contribution in [2.24, 2.45) is 0 Å². The molecule has 0 aliphatic carbocycles. The number of aliphatic hydroxyl groups excluding tert-OH is 3. The molecule has 6 unspecified atom stereocenters. The molecule has 0 aromatic heterocycles. The van der Waals surface area contributed by atoms with Crippen LogP contribution in [0.1, 0.15) is 181 Å². The molecule has 13 heteroatoms. The van der Waals surface area contributed by atoms with E-state index < -0.39 is 59.8 Å². The molecule has 1 fully saturated rings. The largest absolute Gasteiger partial charge is 0.457 e. The van der Waals surface area contributed by atoms with Crippen molar-refractivity contribution in [1.29, 1.82) is 0 Å². The van der Waals surface area contributed by atoms with E-state index in [1.807, 2.05) is 0 Å². The Morgan fingerprint density at radius 1 is 0.672 bits per heavy atom. The maximum atomic E-state index is 12.8. The van der Waals surface area contributed by atoms with Crippen LogP contribution < -0.4 is 0 Å². The number of hydrogen-bond donors (Lipinski definition) is 4. The van der Waals surface area contributed by atoms with Crippen LogP contribution in [0, 0.1) is 0 Å².